The molecule has 11 heteroatoms. The van der Waals surface area contributed by atoms with Gasteiger partial charge in [-0.05, 0) is 40.3 Å². The van der Waals surface area contributed by atoms with E-state index < -0.39 is 4.92 Å². The molecule has 0 saturated carbocycles. The van der Waals surface area contributed by atoms with Gasteiger partial charge in [0.1, 0.15) is 5.75 Å². The fourth-order valence-electron chi connectivity index (χ4n) is 2.68. The van der Waals surface area contributed by atoms with E-state index >= 15 is 0 Å². The number of benzene rings is 2. The van der Waals surface area contributed by atoms with E-state index in [0.29, 0.717) is 28.0 Å². The zero-order valence-corrected chi connectivity index (χ0v) is 15.0. The highest BCUT2D eigenvalue weighted by Crippen LogP contribution is 2.37. The summed E-state index contributed by atoms with van der Waals surface area (Å²) in [6, 6.07) is 9.70. The average molecular weight is 396 g/mol. The Labute approximate surface area is 161 Å². The van der Waals surface area contributed by atoms with Crippen molar-refractivity contribution in [3.05, 3.63) is 59.2 Å². The van der Waals surface area contributed by atoms with Gasteiger partial charge in [0.15, 0.2) is 16.5 Å². The quantitative estimate of drug-likeness (QED) is 0.295. The lowest BCUT2D eigenvalue weighted by atomic mass is 10.2. The lowest BCUT2D eigenvalue weighted by Crippen LogP contribution is -2.00. The zero-order chi connectivity index (χ0) is 19.7. The van der Waals surface area contributed by atoms with Gasteiger partial charge in [0.05, 0.1) is 10.5 Å². The number of nitro groups is 1. The van der Waals surface area contributed by atoms with Crippen molar-refractivity contribution in [2.75, 3.05) is 0 Å². The van der Waals surface area contributed by atoms with Crippen molar-refractivity contribution >= 4 is 28.5 Å². The van der Waals surface area contributed by atoms with E-state index in [1.54, 1.807) is 41.0 Å². The number of aromatic nitrogens is 5. The number of nitrogens with zero attached hydrogens (tertiary/aromatic N) is 6. The standard InChI is InChI=1S/C17H12N6O4S/c1-2-9-22-16(10-5-3-4-6-12(10)24)18-19-17(22)28-13-8-7-11(23(25)26)14-15(13)21-27-20-14/h2-8,24H,1,9H2. The van der Waals surface area contributed by atoms with Gasteiger partial charge in [-0.25, -0.2) is 4.63 Å². The van der Waals surface area contributed by atoms with Gasteiger partial charge in [-0.2, -0.15) is 0 Å². The monoisotopic (exact) mass is 396 g/mol. The Kier molecular flexibility index (Phi) is 4.49. The van der Waals surface area contributed by atoms with Crippen molar-refractivity contribution < 1.29 is 14.7 Å². The van der Waals surface area contributed by atoms with E-state index in [9.17, 15) is 15.2 Å². The maximum absolute atomic E-state index is 11.1. The summed E-state index contributed by atoms with van der Waals surface area (Å²) in [4.78, 5) is 11.2. The molecule has 0 bridgehead atoms. The van der Waals surface area contributed by atoms with Crippen LogP contribution in [0.2, 0.25) is 0 Å². The molecule has 0 spiro atoms. The molecular formula is C17H12N6O4S. The summed E-state index contributed by atoms with van der Waals surface area (Å²) in [6.45, 7) is 4.15. The molecule has 0 aliphatic heterocycles. The predicted molar refractivity (Wildman–Crippen MR) is 99.9 cm³/mol. The van der Waals surface area contributed by atoms with Crippen LogP contribution in [0.15, 0.2) is 63.7 Å². The normalized spacial score (nSPS) is 11.0. The molecule has 0 radical (unpaired) electrons. The van der Waals surface area contributed by atoms with Gasteiger partial charge in [0, 0.05) is 17.5 Å². The summed E-state index contributed by atoms with van der Waals surface area (Å²) in [5.41, 5.74) is 0.658. The lowest BCUT2D eigenvalue weighted by Gasteiger charge is -2.08. The smallest absolute Gasteiger partial charge is 0.300 e. The Morgan fingerprint density at radius 1 is 1.21 bits per heavy atom. The first kappa shape index (κ1) is 17.7. The molecule has 0 atom stereocenters. The maximum atomic E-state index is 11.1. The second-order valence-corrected chi connectivity index (χ2v) is 6.64. The molecule has 2 aromatic carbocycles. The molecule has 2 heterocycles. The highest BCUT2D eigenvalue weighted by Gasteiger charge is 2.22. The minimum atomic E-state index is -0.544. The van der Waals surface area contributed by atoms with Crippen LogP contribution >= 0.6 is 11.8 Å². The van der Waals surface area contributed by atoms with E-state index in [0.717, 1.165) is 0 Å². The van der Waals surface area contributed by atoms with Crippen LogP contribution in [0.4, 0.5) is 5.69 Å². The number of hydrogen-bond donors (Lipinski definition) is 1. The fourth-order valence-corrected chi connectivity index (χ4v) is 3.59. The largest absolute Gasteiger partial charge is 0.507 e. The Balaban J connectivity index is 1.79. The minimum absolute atomic E-state index is 0.0608. The average Bonchev–Trinajstić information content (AvgIpc) is 3.31. The summed E-state index contributed by atoms with van der Waals surface area (Å²) in [6.07, 6.45) is 1.68. The summed E-state index contributed by atoms with van der Waals surface area (Å²) in [7, 11) is 0. The third-order valence-corrected chi connectivity index (χ3v) is 4.96. The molecule has 0 amide bonds. The number of rotatable bonds is 6. The number of para-hydroxylation sites is 1. The molecule has 0 fully saturated rings. The summed E-state index contributed by atoms with van der Waals surface area (Å²) < 4.78 is 6.46. The molecule has 1 N–H and O–H groups in total. The molecule has 0 aliphatic rings. The molecule has 2 aromatic heterocycles. The third-order valence-electron chi connectivity index (χ3n) is 3.93. The van der Waals surface area contributed by atoms with E-state index in [1.807, 2.05) is 0 Å². The number of allylic oxidation sites excluding steroid dienone is 1. The van der Waals surface area contributed by atoms with Crippen molar-refractivity contribution in [1.82, 2.24) is 25.1 Å². The van der Waals surface area contributed by atoms with Crippen LogP contribution in [0.3, 0.4) is 0 Å². The minimum Gasteiger partial charge on any atom is -0.507 e. The molecule has 0 saturated heterocycles. The number of phenols is 1. The van der Waals surface area contributed by atoms with Crippen molar-refractivity contribution in [3.63, 3.8) is 0 Å². The van der Waals surface area contributed by atoms with Crippen LogP contribution in [0.1, 0.15) is 0 Å². The number of aromatic hydroxyl groups is 1. The van der Waals surface area contributed by atoms with Crippen molar-refractivity contribution in [2.45, 2.75) is 16.6 Å². The van der Waals surface area contributed by atoms with Gasteiger partial charge in [0.2, 0.25) is 5.52 Å². The van der Waals surface area contributed by atoms with Gasteiger partial charge in [-0.3, -0.25) is 14.7 Å². The molecule has 4 rings (SSSR count). The Hall–Kier alpha value is -3.73. The Morgan fingerprint density at radius 3 is 2.75 bits per heavy atom. The maximum Gasteiger partial charge on any atom is 0.300 e. The van der Waals surface area contributed by atoms with Crippen LogP contribution in [0.5, 0.6) is 5.75 Å². The Morgan fingerprint density at radius 2 is 2.00 bits per heavy atom. The summed E-state index contributed by atoms with van der Waals surface area (Å²) in [5.74, 6) is 0.548. The zero-order valence-electron chi connectivity index (χ0n) is 14.2. The fraction of sp³-hybridized carbons (Fsp3) is 0.0588. The highest BCUT2D eigenvalue weighted by atomic mass is 32.2. The van der Waals surface area contributed by atoms with E-state index in [1.165, 1.54) is 17.8 Å². The van der Waals surface area contributed by atoms with Crippen LogP contribution in [-0.4, -0.2) is 35.1 Å². The van der Waals surface area contributed by atoms with Crippen LogP contribution in [0.25, 0.3) is 22.4 Å². The lowest BCUT2D eigenvalue weighted by molar-refractivity contribution is -0.383. The summed E-state index contributed by atoms with van der Waals surface area (Å²) >= 11 is 1.20. The van der Waals surface area contributed by atoms with Gasteiger partial charge in [-0.15, -0.1) is 16.8 Å². The molecule has 10 nitrogen and oxygen atoms in total. The first-order valence-corrected chi connectivity index (χ1v) is 8.81. The number of non-ortho nitro benzene ring substituents is 1. The highest BCUT2D eigenvalue weighted by molar-refractivity contribution is 7.99. The van der Waals surface area contributed by atoms with Gasteiger partial charge < -0.3 is 5.11 Å². The SMILES string of the molecule is C=CCn1c(Sc2ccc([N+](=O)[O-])c3nonc23)nnc1-c1ccccc1O. The number of phenolic OH excluding ortho intramolecular Hbond substituents is 1. The van der Waals surface area contributed by atoms with Crippen molar-refractivity contribution in [3.8, 4) is 17.1 Å². The molecule has 28 heavy (non-hydrogen) atoms. The van der Waals surface area contributed by atoms with E-state index in [2.05, 4.69) is 27.1 Å². The summed E-state index contributed by atoms with van der Waals surface area (Å²) in [5, 5.41) is 37.6. The Bertz CT molecular complexity index is 1200. The van der Waals surface area contributed by atoms with Gasteiger partial charge in [0.25, 0.3) is 0 Å². The number of fused-ring (bicyclic) bond motifs is 1. The molecule has 140 valence electrons. The van der Waals surface area contributed by atoms with E-state index in [4.69, 9.17) is 4.63 Å². The second-order valence-electron chi connectivity index (χ2n) is 5.63. The predicted octanol–water partition coefficient (Wildman–Crippen LogP) is 3.43. The van der Waals surface area contributed by atoms with Crippen LogP contribution < -0.4 is 0 Å². The number of hydrogen-bond acceptors (Lipinski definition) is 9. The van der Waals surface area contributed by atoms with Crippen LogP contribution in [-0.2, 0) is 6.54 Å². The third kappa shape index (κ3) is 2.97. The van der Waals surface area contributed by atoms with E-state index in [-0.39, 0.29) is 22.5 Å². The van der Waals surface area contributed by atoms with Crippen LogP contribution in [0, 0.1) is 10.1 Å². The molecule has 4 aromatic rings. The van der Waals surface area contributed by atoms with Crippen molar-refractivity contribution in [2.24, 2.45) is 0 Å². The molecule has 0 unspecified atom stereocenters. The van der Waals surface area contributed by atoms with Gasteiger partial charge >= 0.3 is 5.69 Å². The first-order valence-electron chi connectivity index (χ1n) is 8.00. The van der Waals surface area contributed by atoms with Crippen molar-refractivity contribution in [1.29, 1.82) is 0 Å². The first-order chi connectivity index (χ1) is 13.6. The number of nitro benzene ring substituents is 1. The van der Waals surface area contributed by atoms with Gasteiger partial charge in [-0.1, -0.05) is 18.2 Å². The second kappa shape index (κ2) is 7.12. The topological polar surface area (TPSA) is 133 Å². The molecular weight excluding hydrogens is 384 g/mol. The molecule has 0 aliphatic carbocycles.